The molecule has 0 saturated carbocycles. The van der Waals surface area contributed by atoms with Gasteiger partial charge in [0.05, 0.1) is 14.4 Å². The molecule has 1 aromatic rings. The van der Waals surface area contributed by atoms with Crippen molar-refractivity contribution in [3.05, 3.63) is 55.3 Å². The number of halogens is 10. The van der Waals surface area contributed by atoms with Crippen molar-refractivity contribution >= 4 is 31.9 Å². The Bertz CT molecular complexity index is 741. The topological polar surface area (TPSA) is 0 Å². The van der Waals surface area contributed by atoms with Crippen LogP contribution < -0.4 is 0 Å². The van der Waals surface area contributed by atoms with Crippen LogP contribution in [0.3, 0.4) is 0 Å². The van der Waals surface area contributed by atoms with Gasteiger partial charge >= 0.3 is 0 Å². The summed E-state index contributed by atoms with van der Waals surface area (Å²) in [4.78, 5) is 0. The molecule has 0 heterocycles. The van der Waals surface area contributed by atoms with E-state index in [0.717, 1.165) is 0 Å². The maximum atomic E-state index is 14.2. The molecule has 0 amide bonds. The van der Waals surface area contributed by atoms with Gasteiger partial charge in [0.15, 0.2) is 46.9 Å². The smallest absolute Gasteiger partial charge is 0.176 e. The molecule has 0 spiro atoms. The van der Waals surface area contributed by atoms with Crippen LogP contribution in [-0.4, -0.2) is 6.17 Å². The highest BCUT2D eigenvalue weighted by Crippen LogP contribution is 2.52. The van der Waals surface area contributed by atoms with Crippen LogP contribution in [0.15, 0.2) is 26.4 Å². The van der Waals surface area contributed by atoms with Gasteiger partial charge in [-0.05, 0) is 38.8 Å². The summed E-state index contributed by atoms with van der Waals surface area (Å²) in [7, 11) is 0. The maximum Gasteiger partial charge on any atom is 0.176 e. The molecule has 0 bridgehead atoms. The summed E-state index contributed by atoms with van der Waals surface area (Å²) >= 11 is 4.48. The number of hydrogen-bond acceptors (Lipinski definition) is 0. The van der Waals surface area contributed by atoms with Crippen LogP contribution in [0.25, 0.3) is 0 Å². The van der Waals surface area contributed by atoms with Crippen molar-refractivity contribution in [3.8, 4) is 0 Å². The van der Waals surface area contributed by atoms with Crippen LogP contribution >= 0.6 is 31.9 Å². The molecule has 1 aromatic carbocycles. The summed E-state index contributed by atoms with van der Waals surface area (Å²) in [6.45, 7) is 0.389. The van der Waals surface area contributed by atoms with E-state index in [9.17, 15) is 35.1 Å². The standard InChI is InChI=1S/C13H4Br2F8/c1-13(11(22)9(20)4(15)10(21)12(13)23)2-5(16)7(18)3(14)8(19)6(2)17/h11H,1H3. The average molecular weight is 472 g/mol. The van der Waals surface area contributed by atoms with Crippen molar-refractivity contribution in [1.29, 1.82) is 0 Å². The highest BCUT2D eigenvalue weighted by molar-refractivity contribution is 9.12. The lowest BCUT2D eigenvalue weighted by Gasteiger charge is -2.35. The van der Waals surface area contributed by atoms with E-state index < -0.39 is 66.9 Å². The van der Waals surface area contributed by atoms with Crippen molar-refractivity contribution in [2.45, 2.75) is 18.5 Å². The third-order valence-corrected chi connectivity index (χ3v) is 4.93. The summed E-state index contributed by atoms with van der Waals surface area (Å²) in [5.41, 5.74) is -5.08. The first-order valence-electron chi connectivity index (χ1n) is 5.75. The van der Waals surface area contributed by atoms with Crippen LogP contribution in [0.2, 0.25) is 0 Å². The number of alkyl halides is 1. The van der Waals surface area contributed by atoms with E-state index in [1.807, 2.05) is 0 Å². The van der Waals surface area contributed by atoms with Gasteiger partial charge < -0.3 is 0 Å². The van der Waals surface area contributed by atoms with Gasteiger partial charge in [-0.1, -0.05) is 0 Å². The molecule has 0 nitrogen and oxygen atoms in total. The summed E-state index contributed by atoms with van der Waals surface area (Å²) in [5.74, 6) is -14.3. The molecule has 0 aliphatic heterocycles. The second-order valence-corrected chi connectivity index (χ2v) is 6.39. The summed E-state index contributed by atoms with van der Waals surface area (Å²) in [6, 6.07) is 0. The molecule has 1 aliphatic carbocycles. The SMILES string of the molecule is CC1(c2c(F)c(F)c(Br)c(F)c2F)C(F)=C(F)C(Br)=C(F)C1F. The summed E-state index contributed by atoms with van der Waals surface area (Å²) < 4.78 is 108. The van der Waals surface area contributed by atoms with Crippen LogP contribution in [-0.2, 0) is 5.41 Å². The Hall–Kier alpha value is -0.900. The van der Waals surface area contributed by atoms with Crippen molar-refractivity contribution in [2.75, 3.05) is 0 Å². The van der Waals surface area contributed by atoms with Gasteiger partial charge in [0.2, 0.25) is 0 Å². The van der Waals surface area contributed by atoms with Crippen LogP contribution in [0.5, 0.6) is 0 Å². The highest BCUT2D eigenvalue weighted by Gasteiger charge is 2.53. The van der Waals surface area contributed by atoms with E-state index in [4.69, 9.17) is 0 Å². The Labute approximate surface area is 141 Å². The van der Waals surface area contributed by atoms with Gasteiger partial charge in [0, 0.05) is 5.56 Å². The zero-order valence-corrected chi connectivity index (χ0v) is 14.0. The fourth-order valence-corrected chi connectivity index (χ4v) is 2.93. The minimum absolute atomic E-state index is 0.389. The first kappa shape index (κ1) is 18.4. The molecule has 23 heavy (non-hydrogen) atoms. The van der Waals surface area contributed by atoms with E-state index >= 15 is 0 Å². The molecule has 2 rings (SSSR count). The Morgan fingerprint density at radius 3 is 1.70 bits per heavy atom. The van der Waals surface area contributed by atoms with E-state index in [1.54, 1.807) is 0 Å². The van der Waals surface area contributed by atoms with Gasteiger partial charge in [0.1, 0.15) is 0 Å². The zero-order valence-electron chi connectivity index (χ0n) is 10.9. The van der Waals surface area contributed by atoms with Gasteiger partial charge in [0.25, 0.3) is 0 Å². The Morgan fingerprint density at radius 2 is 1.26 bits per heavy atom. The fraction of sp³-hybridized carbons (Fsp3) is 0.231. The van der Waals surface area contributed by atoms with Crippen molar-refractivity contribution in [1.82, 2.24) is 0 Å². The molecule has 126 valence electrons. The molecular weight excluding hydrogens is 468 g/mol. The number of rotatable bonds is 1. The van der Waals surface area contributed by atoms with E-state index in [1.165, 1.54) is 0 Å². The van der Waals surface area contributed by atoms with Crippen LogP contribution in [0.4, 0.5) is 35.1 Å². The first-order chi connectivity index (χ1) is 10.5. The lowest BCUT2D eigenvalue weighted by Crippen LogP contribution is -2.40. The summed E-state index contributed by atoms with van der Waals surface area (Å²) in [5, 5.41) is 0. The van der Waals surface area contributed by atoms with Gasteiger partial charge in [-0.15, -0.1) is 0 Å². The molecular formula is C13H4Br2F8. The van der Waals surface area contributed by atoms with E-state index in [2.05, 4.69) is 31.9 Å². The third-order valence-electron chi connectivity index (χ3n) is 3.51. The predicted molar refractivity (Wildman–Crippen MR) is 72.5 cm³/mol. The van der Waals surface area contributed by atoms with Crippen molar-refractivity contribution < 1.29 is 35.1 Å². The number of hydrogen-bond donors (Lipinski definition) is 0. The molecule has 2 unspecified atom stereocenters. The Morgan fingerprint density at radius 1 is 0.826 bits per heavy atom. The first-order valence-corrected chi connectivity index (χ1v) is 7.33. The van der Waals surface area contributed by atoms with Gasteiger partial charge in [-0.25, -0.2) is 35.1 Å². The normalized spacial score (nSPS) is 25.4. The quantitative estimate of drug-likeness (QED) is 0.254. The van der Waals surface area contributed by atoms with Gasteiger partial charge in [-0.2, -0.15) is 0 Å². The van der Waals surface area contributed by atoms with E-state index in [-0.39, 0.29) is 0 Å². The minimum atomic E-state index is -3.28. The average Bonchev–Trinajstić information content (AvgIpc) is 2.53. The number of benzene rings is 1. The van der Waals surface area contributed by atoms with Crippen LogP contribution in [0.1, 0.15) is 12.5 Å². The molecule has 0 saturated heterocycles. The third kappa shape index (κ3) is 2.36. The lowest BCUT2D eigenvalue weighted by molar-refractivity contribution is 0.183. The molecule has 0 fully saturated rings. The molecule has 0 N–H and O–H groups in total. The molecule has 10 heteroatoms. The largest absolute Gasteiger partial charge is 0.238 e. The zero-order chi connectivity index (χ0) is 17.9. The Kier molecular flexibility index (Phi) is 4.71. The minimum Gasteiger partial charge on any atom is -0.238 e. The van der Waals surface area contributed by atoms with Gasteiger partial charge in [-0.3, -0.25) is 0 Å². The molecule has 0 radical (unpaired) electrons. The monoisotopic (exact) mass is 470 g/mol. The lowest BCUT2D eigenvalue weighted by atomic mass is 9.73. The second kappa shape index (κ2) is 5.87. The molecule has 2 atom stereocenters. The highest BCUT2D eigenvalue weighted by atomic mass is 79.9. The van der Waals surface area contributed by atoms with Crippen molar-refractivity contribution in [3.63, 3.8) is 0 Å². The fourth-order valence-electron chi connectivity index (χ4n) is 2.20. The second-order valence-electron chi connectivity index (χ2n) is 4.80. The predicted octanol–water partition coefficient (Wildman–Crippen LogP) is 6.34. The van der Waals surface area contributed by atoms with Crippen LogP contribution in [0, 0.1) is 23.3 Å². The van der Waals surface area contributed by atoms with E-state index in [0.29, 0.717) is 6.92 Å². The molecule has 1 aliphatic rings. The Balaban J connectivity index is 2.92. The number of allylic oxidation sites excluding steroid dienone is 4. The summed E-state index contributed by atoms with van der Waals surface area (Å²) in [6.07, 6.45) is -3.12. The van der Waals surface area contributed by atoms with Crippen molar-refractivity contribution in [2.24, 2.45) is 0 Å². The molecule has 0 aromatic heterocycles. The maximum absolute atomic E-state index is 14.2.